The minimum Gasteiger partial charge on any atom is -0.359 e. The molecule has 0 heterocycles. The maximum atomic E-state index is 12.2. The van der Waals surface area contributed by atoms with Crippen molar-refractivity contribution in [3.05, 3.63) is 0 Å². The molecule has 4 N–H and O–H groups in total. The smallest absolute Gasteiger partial charge is 0.227 e. The first-order valence-corrected chi connectivity index (χ1v) is 6.50. The Hall–Kier alpha value is -1.10. The van der Waals surface area contributed by atoms with Crippen LogP contribution in [0.1, 0.15) is 40.5 Å². The van der Waals surface area contributed by atoms with Crippen LogP contribution in [0, 0.1) is 10.8 Å². The number of carbonyl (C=O) groups is 2. The van der Waals surface area contributed by atoms with Gasteiger partial charge in [-0.25, -0.2) is 0 Å². The Morgan fingerprint density at radius 2 is 1.61 bits per heavy atom. The average molecular weight is 257 g/mol. The molecule has 18 heavy (non-hydrogen) atoms. The normalized spacial score (nSPS) is 12.1. The van der Waals surface area contributed by atoms with Gasteiger partial charge in [-0.05, 0) is 26.7 Å². The fourth-order valence-electron chi connectivity index (χ4n) is 1.86. The van der Waals surface area contributed by atoms with Crippen LogP contribution in [-0.4, -0.2) is 32.0 Å². The van der Waals surface area contributed by atoms with Gasteiger partial charge >= 0.3 is 0 Å². The van der Waals surface area contributed by atoms with E-state index in [1.165, 1.54) is 0 Å². The highest BCUT2D eigenvalue weighted by molar-refractivity contribution is 5.85. The highest BCUT2D eigenvalue weighted by Gasteiger charge is 2.35. The highest BCUT2D eigenvalue weighted by atomic mass is 16.2. The molecule has 0 aliphatic heterocycles. The van der Waals surface area contributed by atoms with Gasteiger partial charge < -0.3 is 16.4 Å². The second-order valence-corrected chi connectivity index (χ2v) is 5.34. The molecule has 0 bridgehead atoms. The second kappa shape index (κ2) is 6.73. The van der Waals surface area contributed by atoms with Crippen LogP contribution in [0.4, 0.5) is 0 Å². The lowest BCUT2D eigenvalue weighted by Gasteiger charge is -2.31. The minimum absolute atomic E-state index is 0.0630. The molecule has 0 aromatic carbocycles. The Morgan fingerprint density at radius 1 is 1.11 bits per heavy atom. The van der Waals surface area contributed by atoms with Gasteiger partial charge in [0.15, 0.2) is 0 Å². The zero-order valence-electron chi connectivity index (χ0n) is 12.2. The summed E-state index contributed by atoms with van der Waals surface area (Å²) in [5, 5.41) is 5.45. The zero-order valence-corrected chi connectivity index (χ0v) is 12.2. The number of nitrogens with one attached hydrogen (secondary N) is 2. The molecule has 0 rings (SSSR count). The van der Waals surface area contributed by atoms with E-state index in [9.17, 15) is 9.59 Å². The van der Waals surface area contributed by atoms with Crippen molar-refractivity contribution in [2.45, 2.75) is 40.5 Å². The van der Waals surface area contributed by atoms with Crippen molar-refractivity contribution in [1.29, 1.82) is 0 Å². The molecule has 0 unspecified atom stereocenters. The zero-order chi connectivity index (χ0) is 14.4. The van der Waals surface area contributed by atoms with Gasteiger partial charge in [-0.15, -0.1) is 0 Å². The van der Waals surface area contributed by atoms with Gasteiger partial charge in [0.1, 0.15) is 0 Å². The van der Waals surface area contributed by atoms with E-state index >= 15 is 0 Å². The van der Waals surface area contributed by atoms with Crippen molar-refractivity contribution < 1.29 is 9.59 Å². The Kier molecular flexibility index (Phi) is 6.32. The Morgan fingerprint density at radius 3 is 1.94 bits per heavy atom. The van der Waals surface area contributed by atoms with Gasteiger partial charge in [-0.3, -0.25) is 9.59 Å². The molecule has 5 nitrogen and oxygen atoms in total. The fraction of sp³-hybridized carbons (Fsp3) is 0.846. The van der Waals surface area contributed by atoms with Crippen molar-refractivity contribution in [2.75, 3.05) is 20.1 Å². The molecular formula is C13H27N3O2. The van der Waals surface area contributed by atoms with Crippen LogP contribution in [0.3, 0.4) is 0 Å². The van der Waals surface area contributed by atoms with Gasteiger partial charge in [0.05, 0.1) is 10.8 Å². The summed E-state index contributed by atoms with van der Waals surface area (Å²) >= 11 is 0. The summed E-state index contributed by atoms with van der Waals surface area (Å²) in [6.07, 6.45) is 1.40. The molecule has 5 heteroatoms. The van der Waals surface area contributed by atoms with Crippen LogP contribution in [0.15, 0.2) is 0 Å². The maximum Gasteiger partial charge on any atom is 0.227 e. The molecule has 0 saturated heterocycles. The summed E-state index contributed by atoms with van der Waals surface area (Å²) < 4.78 is 0. The Balaban J connectivity index is 4.63. The van der Waals surface area contributed by atoms with Crippen LogP contribution in [0.25, 0.3) is 0 Å². The largest absolute Gasteiger partial charge is 0.359 e. The lowest BCUT2D eigenvalue weighted by molar-refractivity contribution is -0.133. The predicted molar refractivity (Wildman–Crippen MR) is 72.9 cm³/mol. The number of nitrogens with two attached hydrogens (primary N) is 1. The number of amides is 2. The standard InChI is InChI=1S/C13H27N3O2/c1-6-13(7-2,8-14)11(18)16-9-12(3,4)10(17)15-5/h6-9,14H2,1-5H3,(H,15,17)(H,16,18). The van der Waals surface area contributed by atoms with Gasteiger partial charge in [-0.1, -0.05) is 13.8 Å². The van der Waals surface area contributed by atoms with Gasteiger partial charge in [0, 0.05) is 20.1 Å². The van der Waals surface area contributed by atoms with Crippen LogP contribution in [0.5, 0.6) is 0 Å². The molecule has 0 aromatic rings. The molecule has 0 aliphatic carbocycles. The van der Waals surface area contributed by atoms with E-state index in [4.69, 9.17) is 5.73 Å². The quantitative estimate of drug-likeness (QED) is 0.626. The number of rotatable bonds is 7. The topological polar surface area (TPSA) is 84.2 Å². The summed E-state index contributed by atoms with van der Waals surface area (Å²) in [4.78, 5) is 23.8. The molecule has 0 aliphatic rings. The first-order valence-electron chi connectivity index (χ1n) is 6.50. The van der Waals surface area contributed by atoms with Crippen molar-refractivity contribution in [1.82, 2.24) is 10.6 Å². The first kappa shape index (κ1) is 16.9. The van der Waals surface area contributed by atoms with E-state index < -0.39 is 10.8 Å². The van der Waals surface area contributed by atoms with Crippen molar-refractivity contribution in [3.8, 4) is 0 Å². The van der Waals surface area contributed by atoms with Gasteiger partial charge in [0.2, 0.25) is 11.8 Å². The Bertz CT molecular complexity index is 288. The summed E-state index contributed by atoms with van der Waals surface area (Å²) in [6.45, 7) is 8.15. The molecular weight excluding hydrogens is 230 g/mol. The van der Waals surface area contributed by atoms with Crippen LogP contribution < -0.4 is 16.4 Å². The monoisotopic (exact) mass is 257 g/mol. The summed E-state index contributed by atoms with van der Waals surface area (Å²) in [6, 6.07) is 0. The lowest BCUT2D eigenvalue weighted by Crippen LogP contribution is -2.50. The van der Waals surface area contributed by atoms with Crippen LogP contribution in [-0.2, 0) is 9.59 Å². The minimum atomic E-state index is -0.619. The van der Waals surface area contributed by atoms with E-state index in [0.717, 1.165) is 0 Å². The number of carbonyl (C=O) groups excluding carboxylic acids is 2. The summed E-state index contributed by atoms with van der Waals surface area (Å²) in [5.74, 6) is -0.152. The number of hydrogen-bond donors (Lipinski definition) is 3. The molecule has 0 aromatic heterocycles. The second-order valence-electron chi connectivity index (χ2n) is 5.34. The van der Waals surface area contributed by atoms with Crippen molar-refractivity contribution in [2.24, 2.45) is 16.6 Å². The van der Waals surface area contributed by atoms with E-state index in [1.807, 2.05) is 13.8 Å². The molecule has 0 atom stereocenters. The SMILES string of the molecule is CCC(CC)(CN)C(=O)NCC(C)(C)C(=O)NC. The van der Waals surface area contributed by atoms with Crippen molar-refractivity contribution >= 4 is 11.8 Å². The van der Waals surface area contributed by atoms with E-state index in [1.54, 1.807) is 20.9 Å². The van der Waals surface area contributed by atoms with E-state index in [2.05, 4.69) is 10.6 Å². The molecule has 0 spiro atoms. The number of hydrogen-bond acceptors (Lipinski definition) is 3. The highest BCUT2D eigenvalue weighted by Crippen LogP contribution is 2.25. The van der Waals surface area contributed by atoms with Crippen LogP contribution in [0.2, 0.25) is 0 Å². The fourth-order valence-corrected chi connectivity index (χ4v) is 1.86. The Labute approximate surface area is 110 Å². The molecule has 0 saturated carbocycles. The lowest BCUT2D eigenvalue weighted by atomic mass is 9.81. The third-order valence-corrected chi connectivity index (χ3v) is 3.76. The first-order chi connectivity index (χ1) is 8.29. The molecule has 0 fully saturated rings. The summed E-state index contributed by atoms with van der Waals surface area (Å²) in [7, 11) is 1.59. The van der Waals surface area contributed by atoms with Gasteiger partial charge in [0.25, 0.3) is 0 Å². The molecule has 106 valence electrons. The van der Waals surface area contributed by atoms with E-state index in [0.29, 0.717) is 25.9 Å². The predicted octanol–water partition coefficient (Wildman–Crippen LogP) is 0.640. The third-order valence-electron chi connectivity index (χ3n) is 3.76. The van der Waals surface area contributed by atoms with Gasteiger partial charge in [-0.2, -0.15) is 0 Å². The molecule has 0 radical (unpaired) electrons. The van der Waals surface area contributed by atoms with E-state index in [-0.39, 0.29) is 11.8 Å². The summed E-state index contributed by atoms with van der Waals surface area (Å²) in [5.41, 5.74) is 4.58. The third kappa shape index (κ3) is 3.70. The molecule has 2 amide bonds. The average Bonchev–Trinajstić information content (AvgIpc) is 2.38. The maximum absolute atomic E-state index is 12.2. The van der Waals surface area contributed by atoms with Crippen LogP contribution >= 0.6 is 0 Å². The van der Waals surface area contributed by atoms with Crippen molar-refractivity contribution in [3.63, 3.8) is 0 Å².